The van der Waals surface area contributed by atoms with Crippen molar-refractivity contribution in [2.24, 2.45) is 5.92 Å². The SMILES string of the molecule is O=C(NCc1ccc2c(c1)CCCO2)C1CC(=O)N(Cc2cccnc2)C1. The van der Waals surface area contributed by atoms with Crippen molar-refractivity contribution >= 4 is 11.8 Å². The molecule has 0 spiro atoms. The van der Waals surface area contributed by atoms with E-state index < -0.39 is 0 Å². The average molecular weight is 365 g/mol. The summed E-state index contributed by atoms with van der Waals surface area (Å²) >= 11 is 0. The Balaban J connectivity index is 1.32. The van der Waals surface area contributed by atoms with E-state index in [2.05, 4.69) is 16.4 Å². The highest BCUT2D eigenvalue weighted by molar-refractivity contribution is 5.89. The monoisotopic (exact) mass is 365 g/mol. The molecule has 2 aliphatic rings. The summed E-state index contributed by atoms with van der Waals surface area (Å²) in [6.07, 6.45) is 5.76. The van der Waals surface area contributed by atoms with Crippen LogP contribution in [0.15, 0.2) is 42.7 Å². The van der Waals surface area contributed by atoms with Gasteiger partial charge < -0.3 is 15.0 Å². The Hall–Kier alpha value is -2.89. The van der Waals surface area contributed by atoms with E-state index in [1.165, 1.54) is 5.56 Å². The number of rotatable bonds is 5. The van der Waals surface area contributed by atoms with Gasteiger partial charge in [0.25, 0.3) is 0 Å². The highest BCUT2D eigenvalue weighted by Gasteiger charge is 2.34. The minimum absolute atomic E-state index is 0.0185. The molecule has 0 aliphatic carbocycles. The summed E-state index contributed by atoms with van der Waals surface area (Å²) in [5.74, 6) is 0.606. The molecule has 6 nitrogen and oxygen atoms in total. The molecule has 0 saturated carbocycles. The Morgan fingerprint density at radius 2 is 2.22 bits per heavy atom. The lowest BCUT2D eigenvalue weighted by molar-refractivity contribution is -0.129. The maximum Gasteiger partial charge on any atom is 0.225 e. The van der Waals surface area contributed by atoms with Crippen LogP contribution in [0.3, 0.4) is 0 Å². The van der Waals surface area contributed by atoms with Crippen molar-refractivity contribution in [3.63, 3.8) is 0 Å². The number of benzene rings is 1. The lowest BCUT2D eigenvalue weighted by Crippen LogP contribution is -2.32. The summed E-state index contributed by atoms with van der Waals surface area (Å²) in [7, 11) is 0. The normalized spacial score (nSPS) is 18.7. The van der Waals surface area contributed by atoms with Gasteiger partial charge >= 0.3 is 0 Å². The zero-order valence-corrected chi connectivity index (χ0v) is 15.2. The Morgan fingerprint density at radius 3 is 3.07 bits per heavy atom. The van der Waals surface area contributed by atoms with Crippen LogP contribution in [0.25, 0.3) is 0 Å². The van der Waals surface area contributed by atoms with E-state index in [1.54, 1.807) is 17.3 Å². The maximum absolute atomic E-state index is 12.5. The summed E-state index contributed by atoms with van der Waals surface area (Å²) in [5, 5.41) is 2.98. The number of aryl methyl sites for hydroxylation is 1. The van der Waals surface area contributed by atoms with Crippen molar-refractivity contribution in [2.45, 2.75) is 32.4 Å². The van der Waals surface area contributed by atoms with Gasteiger partial charge in [-0.3, -0.25) is 14.6 Å². The molecule has 1 fully saturated rings. The van der Waals surface area contributed by atoms with Crippen molar-refractivity contribution in [3.8, 4) is 5.75 Å². The number of aromatic nitrogens is 1. The standard InChI is InChI=1S/C21H23N3O3/c25-20-10-18(14-24(20)13-16-3-1-7-22-11-16)21(26)23-12-15-5-6-19-17(9-15)4-2-8-27-19/h1,3,5-7,9,11,18H,2,4,8,10,12-14H2,(H,23,26). The van der Waals surface area contributed by atoms with E-state index in [-0.39, 0.29) is 24.2 Å². The van der Waals surface area contributed by atoms with Gasteiger partial charge in [-0.15, -0.1) is 0 Å². The molecule has 2 aromatic rings. The highest BCUT2D eigenvalue weighted by atomic mass is 16.5. The largest absolute Gasteiger partial charge is 0.493 e. The number of fused-ring (bicyclic) bond motifs is 1. The Kier molecular flexibility index (Phi) is 5.05. The summed E-state index contributed by atoms with van der Waals surface area (Å²) in [6.45, 7) is 2.20. The maximum atomic E-state index is 12.5. The lowest BCUT2D eigenvalue weighted by atomic mass is 10.0. The van der Waals surface area contributed by atoms with Crippen LogP contribution in [-0.4, -0.2) is 34.8 Å². The van der Waals surface area contributed by atoms with Crippen LogP contribution in [0.4, 0.5) is 0 Å². The second-order valence-corrected chi connectivity index (χ2v) is 7.15. The van der Waals surface area contributed by atoms with E-state index in [4.69, 9.17) is 4.74 Å². The van der Waals surface area contributed by atoms with E-state index in [9.17, 15) is 9.59 Å². The summed E-state index contributed by atoms with van der Waals surface area (Å²) < 4.78 is 5.62. The number of nitrogens with one attached hydrogen (secondary N) is 1. The molecular formula is C21H23N3O3. The number of pyridine rings is 1. The number of ether oxygens (including phenoxy) is 1. The van der Waals surface area contributed by atoms with Crippen LogP contribution in [0, 0.1) is 5.92 Å². The molecule has 2 aliphatic heterocycles. The minimum atomic E-state index is -0.296. The number of hydrogen-bond acceptors (Lipinski definition) is 4. The van der Waals surface area contributed by atoms with Gasteiger partial charge in [0.2, 0.25) is 11.8 Å². The molecule has 6 heteroatoms. The third-order valence-electron chi connectivity index (χ3n) is 5.12. The fourth-order valence-electron chi connectivity index (χ4n) is 3.67. The Labute approximate surface area is 158 Å². The predicted molar refractivity (Wildman–Crippen MR) is 99.9 cm³/mol. The van der Waals surface area contributed by atoms with E-state index in [0.717, 1.165) is 36.3 Å². The van der Waals surface area contributed by atoms with Crippen molar-refractivity contribution < 1.29 is 14.3 Å². The predicted octanol–water partition coefficient (Wildman–Crippen LogP) is 2.07. The third-order valence-corrected chi connectivity index (χ3v) is 5.12. The summed E-state index contributed by atoms with van der Waals surface area (Å²) in [6, 6.07) is 9.85. The average Bonchev–Trinajstić information content (AvgIpc) is 3.07. The zero-order valence-electron chi connectivity index (χ0n) is 15.2. The van der Waals surface area contributed by atoms with E-state index in [1.807, 2.05) is 24.3 Å². The van der Waals surface area contributed by atoms with Crippen LogP contribution in [0.5, 0.6) is 5.75 Å². The molecule has 27 heavy (non-hydrogen) atoms. The van der Waals surface area contributed by atoms with Crippen molar-refractivity contribution in [1.29, 1.82) is 0 Å². The number of carbonyl (C=O) groups excluding carboxylic acids is 2. The fraction of sp³-hybridized carbons (Fsp3) is 0.381. The zero-order chi connectivity index (χ0) is 18.6. The van der Waals surface area contributed by atoms with E-state index >= 15 is 0 Å². The Bertz CT molecular complexity index is 838. The molecule has 1 aromatic heterocycles. The second kappa shape index (κ2) is 7.78. The van der Waals surface area contributed by atoms with Crippen molar-refractivity contribution in [1.82, 2.24) is 15.2 Å². The number of carbonyl (C=O) groups is 2. The molecule has 1 atom stereocenters. The quantitative estimate of drug-likeness (QED) is 0.881. The van der Waals surface area contributed by atoms with Gasteiger partial charge in [0, 0.05) is 38.4 Å². The number of likely N-dealkylation sites (tertiary alicyclic amines) is 1. The van der Waals surface area contributed by atoms with E-state index in [0.29, 0.717) is 19.6 Å². The Morgan fingerprint density at radius 1 is 1.30 bits per heavy atom. The number of nitrogens with zero attached hydrogens (tertiary/aromatic N) is 2. The first-order chi connectivity index (χ1) is 13.2. The molecule has 0 radical (unpaired) electrons. The van der Waals surface area contributed by atoms with Gasteiger partial charge in [0.1, 0.15) is 5.75 Å². The van der Waals surface area contributed by atoms with Crippen LogP contribution in [0.2, 0.25) is 0 Å². The first kappa shape index (κ1) is 17.5. The number of amides is 2. The van der Waals surface area contributed by atoms with Crippen LogP contribution in [0.1, 0.15) is 29.5 Å². The molecule has 0 bridgehead atoms. The van der Waals surface area contributed by atoms with Crippen LogP contribution < -0.4 is 10.1 Å². The highest BCUT2D eigenvalue weighted by Crippen LogP contribution is 2.26. The molecule has 1 aromatic carbocycles. The molecule has 1 N–H and O–H groups in total. The second-order valence-electron chi connectivity index (χ2n) is 7.15. The minimum Gasteiger partial charge on any atom is -0.493 e. The van der Waals surface area contributed by atoms with Gasteiger partial charge in [0.05, 0.1) is 12.5 Å². The van der Waals surface area contributed by atoms with Gasteiger partial charge in [-0.25, -0.2) is 0 Å². The molecule has 1 saturated heterocycles. The van der Waals surface area contributed by atoms with Gasteiger partial charge in [-0.2, -0.15) is 0 Å². The van der Waals surface area contributed by atoms with Crippen molar-refractivity contribution in [2.75, 3.05) is 13.2 Å². The first-order valence-corrected chi connectivity index (χ1v) is 9.38. The molecule has 2 amide bonds. The summed E-state index contributed by atoms with van der Waals surface area (Å²) in [5.41, 5.74) is 3.24. The van der Waals surface area contributed by atoms with Crippen molar-refractivity contribution in [3.05, 3.63) is 59.4 Å². The van der Waals surface area contributed by atoms with Gasteiger partial charge in [-0.1, -0.05) is 18.2 Å². The van der Waals surface area contributed by atoms with Crippen LogP contribution in [-0.2, 0) is 29.1 Å². The third kappa shape index (κ3) is 4.10. The fourth-order valence-corrected chi connectivity index (χ4v) is 3.67. The number of hydrogen-bond donors (Lipinski definition) is 1. The lowest BCUT2D eigenvalue weighted by Gasteiger charge is -2.18. The molecular weight excluding hydrogens is 342 g/mol. The molecule has 1 unspecified atom stereocenters. The van der Waals surface area contributed by atoms with Gasteiger partial charge in [-0.05, 0) is 41.7 Å². The summed E-state index contributed by atoms with van der Waals surface area (Å²) in [4.78, 5) is 30.6. The smallest absolute Gasteiger partial charge is 0.225 e. The van der Waals surface area contributed by atoms with Gasteiger partial charge in [0.15, 0.2) is 0 Å². The molecule has 140 valence electrons. The molecule has 4 rings (SSSR count). The molecule has 3 heterocycles. The van der Waals surface area contributed by atoms with Crippen LogP contribution >= 0.6 is 0 Å². The first-order valence-electron chi connectivity index (χ1n) is 9.38. The topological polar surface area (TPSA) is 71.5 Å².